The fourth-order valence-electron chi connectivity index (χ4n) is 3.88. The highest BCUT2D eigenvalue weighted by Gasteiger charge is 2.38. The van der Waals surface area contributed by atoms with Crippen molar-refractivity contribution >= 4 is 23.5 Å². The number of anilines is 2. The second-order valence-electron chi connectivity index (χ2n) is 8.76. The van der Waals surface area contributed by atoms with Crippen molar-refractivity contribution in [1.29, 1.82) is 5.26 Å². The van der Waals surface area contributed by atoms with Crippen molar-refractivity contribution in [2.24, 2.45) is 17.1 Å². The van der Waals surface area contributed by atoms with E-state index in [1.54, 1.807) is 4.90 Å². The Morgan fingerprint density at radius 2 is 2.12 bits per heavy atom. The monoisotopic (exact) mass is 456 g/mol. The van der Waals surface area contributed by atoms with Gasteiger partial charge in [-0.15, -0.1) is 0 Å². The van der Waals surface area contributed by atoms with Crippen LogP contribution < -0.4 is 11.1 Å². The molecular formula is C22H25FN6O4. The van der Waals surface area contributed by atoms with E-state index in [0.29, 0.717) is 31.9 Å². The lowest BCUT2D eigenvalue weighted by Gasteiger charge is -2.39. The van der Waals surface area contributed by atoms with Gasteiger partial charge in [0, 0.05) is 30.4 Å². The normalized spacial score (nSPS) is 21.5. The molecule has 174 valence electrons. The predicted molar refractivity (Wildman–Crippen MR) is 115 cm³/mol. The van der Waals surface area contributed by atoms with E-state index >= 15 is 0 Å². The highest BCUT2D eigenvalue weighted by atomic mass is 19.1. The topological polar surface area (TPSA) is 136 Å². The number of benzene rings is 1. The third-order valence-corrected chi connectivity index (χ3v) is 5.90. The van der Waals surface area contributed by atoms with Crippen molar-refractivity contribution in [1.82, 2.24) is 14.7 Å². The molecule has 1 aromatic carbocycles. The summed E-state index contributed by atoms with van der Waals surface area (Å²) in [4.78, 5) is 26.2. The van der Waals surface area contributed by atoms with E-state index in [1.807, 2.05) is 6.92 Å². The maximum Gasteiger partial charge on any atom is 0.409 e. The number of rotatable bonds is 6. The van der Waals surface area contributed by atoms with Gasteiger partial charge in [0.2, 0.25) is 0 Å². The van der Waals surface area contributed by atoms with Crippen molar-refractivity contribution in [3.63, 3.8) is 0 Å². The van der Waals surface area contributed by atoms with Crippen molar-refractivity contribution in [3.8, 4) is 6.07 Å². The zero-order chi connectivity index (χ0) is 23.6. The average Bonchev–Trinajstić information content (AvgIpc) is 3.21. The summed E-state index contributed by atoms with van der Waals surface area (Å²) in [6.07, 6.45) is 1.44. The van der Waals surface area contributed by atoms with Gasteiger partial charge in [0.25, 0.3) is 5.91 Å². The Morgan fingerprint density at radius 1 is 1.39 bits per heavy atom. The molecule has 0 spiro atoms. The van der Waals surface area contributed by atoms with E-state index in [4.69, 9.17) is 15.2 Å². The van der Waals surface area contributed by atoms with E-state index in [1.165, 1.54) is 35.1 Å². The Labute approximate surface area is 190 Å². The molecule has 4 rings (SSSR count). The number of nitriles is 1. The minimum absolute atomic E-state index is 0.119. The lowest BCUT2D eigenvalue weighted by molar-refractivity contribution is -0.128. The molecule has 2 atom stereocenters. The van der Waals surface area contributed by atoms with Crippen LogP contribution in [-0.4, -0.2) is 59.6 Å². The van der Waals surface area contributed by atoms with E-state index in [9.17, 15) is 19.2 Å². The number of nitrogens with two attached hydrogens (primary N) is 1. The summed E-state index contributed by atoms with van der Waals surface area (Å²) in [5.41, 5.74) is 5.99. The van der Waals surface area contributed by atoms with E-state index in [0.717, 1.165) is 0 Å². The van der Waals surface area contributed by atoms with Crippen LogP contribution in [0.5, 0.6) is 0 Å². The van der Waals surface area contributed by atoms with Crippen LogP contribution in [0.4, 0.5) is 20.7 Å². The molecule has 0 saturated carbocycles. The van der Waals surface area contributed by atoms with Gasteiger partial charge in [0.15, 0.2) is 5.82 Å². The molecule has 2 fully saturated rings. The van der Waals surface area contributed by atoms with Crippen molar-refractivity contribution < 1.29 is 23.5 Å². The summed E-state index contributed by atoms with van der Waals surface area (Å²) < 4.78 is 25.4. The molecule has 3 N–H and O–H groups in total. The molecule has 2 amide bonds. The summed E-state index contributed by atoms with van der Waals surface area (Å²) in [5.74, 6) is -1.34. The quantitative estimate of drug-likeness (QED) is 0.681. The number of piperidine rings is 1. The van der Waals surface area contributed by atoms with E-state index < -0.39 is 29.8 Å². The molecule has 0 aliphatic carbocycles. The van der Waals surface area contributed by atoms with Crippen molar-refractivity contribution in [3.05, 3.63) is 41.8 Å². The van der Waals surface area contributed by atoms with Crippen LogP contribution in [0.15, 0.2) is 30.5 Å². The Hall–Kier alpha value is -3.65. The van der Waals surface area contributed by atoms with E-state index in [2.05, 4.69) is 16.5 Å². The smallest absolute Gasteiger partial charge is 0.409 e. The molecule has 0 radical (unpaired) electrons. The second-order valence-corrected chi connectivity index (χ2v) is 8.76. The minimum Gasteiger partial charge on any atom is -0.449 e. The van der Waals surface area contributed by atoms with Gasteiger partial charge in [-0.2, -0.15) is 10.4 Å². The molecular weight excluding hydrogens is 431 g/mol. The zero-order valence-corrected chi connectivity index (χ0v) is 18.2. The Morgan fingerprint density at radius 3 is 2.73 bits per heavy atom. The maximum atomic E-state index is 13.2. The molecule has 11 heteroatoms. The lowest BCUT2D eigenvalue weighted by Crippen LogP contribution is -2.48. The predicted octanol–water partition coefficient (Wildman–Crippen LogP) is 2.42. The number of carbonyl (C=O) groups excluding carboxylic acids is 2. The van der Waals surface area contributed by atoms with Gasteiger partial charge in [0.05, 0.1) is 31.2 Å². The highest BCUT2D eigenvalue weighted by Crippen LogP contribution is 2.31. The number of likely N-dealkylation sites (tertiary alicyclic amines) is 1. The van der Waals surface area contributed by atoms with Gasteiger partial charge in [-0.05, 0) is 30.7 Å². The number of ether oxygens (including phenoxy) is 2. The zero-order valence-electron chi connectivity index (χ0n) is 18.2. The number of amides is 2. The number of primary amides is 1. The minimum atomic E-state index is -0.706. The van der Waals surface area contributed by atoms with Gasteiger partial charge in [-0.3, -0.25) is 9.48 Å². The summed E-state index contributed by atoms with van der Waals surface area (Å²) >= 11 is 0. The Kier molecular flexibility index (Phi) is 6.20. The van der Waals surface area contributed by atoms with Crippen LogP contribution in [0.1, 0.15) is 29.7 Å². The maximum absolute atomic E-state index is 13.2. The van der Waals surface area contributed by atoms with Gasteiger partial charge < -0.3 is 25.4 Å². The molecule has 0 bridgehead atoms. The van der Waals surface area contributed by atoms with Crippen LogP contribution in [0.2, 0.25) is 0 Å². The van der Waals surface area contributed by atoms with Crippen LogP contribution in [-0.2, 0) is 9.47 Å². The van der Waals surface area contributed by atoms with E-state index in [-0.39, 0.29) is 29.9 Å². The third kappa shape index (κ3) is 4.90. The standard InChI is InChI=1S/C22H25FN6O4/c1-22(11-32-12-22)13-33-21(31)28-7-6-14(8-24)18(10-28)29-9-17(19(25)30)20(27-29)26-16-4-2-15(23)3-5-16/h2-5,9,14,18H,6-7,10-13H2,1H3,(H2,25,30)(H,26,27)/t14?,18-/m1/s1. The molecule has 2 aromatic rings. The summed E-state index contributed by atoms with van der Waals surface area (Å²) in [7, 11) is 0. The van der Waals surface area contributed by atoms with Crippen LogP contribution in [0.3, 0.4) is 0 Å². The largest absolute Gasteiger partial charge is 0.449 e. The third-order valence-electron chi connectivity index (χ3n) is 5.90. The molecule has 2 aliphatic heterocycles. The van der Waals surface area contributed by atoms with Crippen LogP contribution in [0, 0.1) is 28.5 Å². The summed E-state index contributed by atoms with van der Waals surface area (Å²) in [6.45, 7) is 3.91. The lowest BCUT2D eigenvalue weighted by atomic mass is 9.90. The van der Waals surface area contributed by atoms with Gasteiger partial charge in [-0.1, -0.05) is 6.92 Å². The molecule has 10 nitrogen and oxygen atoms in total. The first-order valence-electron chi connectivity index (χ1n) is 10.6. The number of nitrogens with zero attached hydrogens (tertiary/aromatic N) is 4. The van der Waals surface area contributed by atoms with Crippen LogP contribution in [0.25, 0.3) is 0 Å². The van der Waals surface area contributed by atoms with Gasteiger partial charge in [0.1, 0.15) is 18.0 Å². The summed E-state index contributed by atoms with van der Waals surface area (Å²) in [5, 5.41) is 17.1. The SMILES string of the molecule is CC1(COC(=O)N2CCC(C#N)[C@H](n3cc(C(N)=O)c(Nc4ccc(F)cc4)n3)C2)COC1. The molecule has 33 heavy (non-hydrogen) atoms. The molecule has 1 aromatic heterocycles. The fraction of sp³-hybridized carbons (Fsp3) is 0.455. The van der Waals surface area contributed by atoms with Crippen molar-refractivity contribution in [2.45, 2.75) is 19.4 Å². The number of nitrogens with one attached hydrogen (secondary N) is 1. The van der Waals surface area contributed by atoms with Crippen molar-refractivity contribution in [2.75, 3.05) is 38.2 Å². The first-order valence-corrected chi connectivity index (χ1v) is 10.6. The Bertz CT molecular complexity index is 1080. The fourth-order valence-corrected chi connectivity index (χ4v) is 3.88. The second kappa shape index (κ2) is 9.07. The van der Waals surface area contributed by atoms with Crippen LogP contribution >= 0.6 is 0 Å². The molecule has 2 aliphatic rings. The first-order chi connectivity index (χ1) is 15.8. The van der Waals surface area contributed by atoms with Gasteiger partial charge in [-0.25, -0.2) is 9.18 Å². The molecule has 1 unspecified atom stereocenters. The number of aromatic nitrogens is 2. The molecule has 3 heterocycles. The number of carbonyl (C=O) groups is 2. The first kappa shape index (κ1) is 22.5. The number of hydrogen-bond donors (Lipinski definition) is 2. The average molecular weight is 456 g/mol. The number of hydrogen-bond acceptors (Lipinski definition) is 7. The molecule has 2 saturated heterocycles. The Balaban J connectivity index is 1.52. The van der Waals surface area contributed by atoms with Gasteiger partial charge >= 0.3 is 6.09 Å². The number of halogens is 1. The highest BCUT2D eigenvalue weighted by molar-refractivity contribution is 5.98. The summed E-state index contributed by atoms with van der Waals surface area (Å²) in [6, 6.07) is 7.32.